The van der Waals surface area contributed by atoms with Crippen LogP contribution in [0.2, 0.25) is 0 Å². The van der Waals surface area contributed by atoms with Crippen LogP contribution in [0.3, 0.4) is 0 Å². The van der Waals surface area contributed by atoms with Gasteiger partial charge in [-0.25, -0.2) is 4.52 Å². The number of pyridine rings is 3. The molecule has 0 atom stereocenters. The first-order valence-corrected chi connectivity index (χ1v) is 6.81. The Balaban J connectivity index is 2.18. The van der Waals surface area contributed by atoms with Gasteiger partial charge in [0.1, 0.15) is 0 Å². The predicted molar refractivity (Wildman–Crippen MR) is 83.3 cm³/mol. The Labute approximate surface area is 119 Å². The Morgan fingerprint density at radius 2 is 1.67 bits per heavy atom. The lowest BCUT2D eigenvalue weighted by Crippen LogP contribution is -1.94. The van der Waals surface area contributed by atoms with Gasteiger partial charge in [0, 0.05) is 28.6 Å². The van der Waals surface area contributed by atoms with Crippen LogP contribution >= 0.6 is 0 Å². The van der Waals surface area contributed by atoms with Crippen LogP contribution < -0.4 is 0 Å². The fourth-order valence-corrected chi connectivity index (χ4v) is 3.00. The summed E-state index contributed by atoms with van der Waals surface area (Å²) in [5, 5.41) is 7.83. The second-order valence-corrected chi connectivity index (χ2v) is 5.09. The quantitative estimate of drug-likeness (QED) is 0.319. The predicted octanol–water partition coefficient (Wildman–Crippen LogP) is 3.58. The fourth-order valence-electron chi connectivity index (χ4n) is 3.00. The molecule has 1 aromatic carbocycles. The molecule has 0 N–H and O–H groups in total. The number of hydrogen-bond acceptors (Lipinski definition) is 3. The van der Waals surface area contributed by atoms with E-state index >= 15 is 0 Å². The number of fused-ring (bicyclic) bond motifs is 7. The molecular weight excluding hydrogens is 260 g/mol. The highest BCUT2D eigenvalue weighted by molar-refractivity contribution is 6.13. The molecule has 0 aliphatic rings. The molecule has 0 saturated heterocycles. The second kappa shape index (κ2) is 3.76. The SMILES string of the molecule is c1cnc2cc3c4cccnc4c4ccnn4c3cc2c1. The van der Waals surface area contributed by atoms with E-state index in [0.29, 0.717) is 0 Å². The Morgan fingerprint density at radius 1 is 0.762 bits per heavy atom. The molecule has 0 unspecified atom stereocenters. The van der Waals surface area contributed by atoms with Gasteiger partial charge in [0.2, 0.25) is 0 Å². The maximum atomic E-state index is 4.53. The van der Waals surface area contributed by atoms with Crippen LogP contribution in [0, 0.1) is 0 Å². The maximum Gasteiger partial charge on any atom is 0.0966 e. The van der Waals surface area contributed by atoms with Crippen LogP contribution in [0.4, 0.5) is 0 Å². The van der Waals surface area contributed by atoms with Crippen molar-refractivity contribution >= 4 is 38.2 Å². The molecule has 0 spiro atoms. The van der Waals surface area contributed by atoms with Crippen molar-refractivity contribution in [3.8, 4) is 0 Å². The highest BCUT2D eigenvalue weighted by Crippen LogP contribution is 2.30. The van der Waals surface area contributed by atoms with E-state index in [0.717, 1.165) is 38.2 Å². The van der Waals surface area contributed by atoms with Gasteiger partial charge in [-0.05, 0) is 30.3 Å². The molecule has 0 amide bonds. The Bertz CT molecular complexity index is 1140. The average molecular weight is 270 g/mol. The lowest BCUT2D eigenvalue weighted by molar-refractivity contribution is 1.01. The molecule has 0 bridgehead atoms. The average Bonchev–Trinajstić information content (AvgIpc) is 3.03. The largest absolute Gasteiger partial charge is 0.256 e. The third-order valence-electron chi connectivity index (χ3n) is 3.93. The zero-order valence-electron chi connectivity index (χ0n) is 11.1. The van der Waals surface area contributed by atoms with Crippen LogP contribution in [-0.2, 0) is 0 Å². The van der Waals surface area contributed by atoms with Crippen LogP contribution in [0.1, 0.15) is 0 Å². The van der Waals surface area contributed by atoms with E-state index in [-0.39, 0.29) is 0 Å². The first-order chi connectivity index (χ1) is 10.4. The zero-order valence-corrected chi connectivity index (χ0v) is 11.1. The Kier molecular flexibility index (Phi) is 1.92. The van der Waals surface area contributed by atoms with Crippen molar-refractivity contribution in [2.24, 2.45) is 0 Å². The summed E-state index contributed by atoms with van der Waals surface area (Å²) in [6, 6.07) is 14.4. The summed E-state index contributed by atoms with van der Waals surface area (Å²) in [4.78, 5) is 8.99. The van der Waals surface area contributed by atoms with Gasteiger partial charge in [0.25, 0.3) is 0 Å². The molecule has 5 rings (SSSR count). The highest BCUT2D eigenvalue weighted by atomic mass is 15.2. The lowest BCUT2D eigenvalue weighted by atomic mass is 10.1. The van der Waals surface area contributed by atoms with Crippen molar-refractivity contribution in [1.29, 1.82) is 0 Å². The van der Waals surface area contributed by atoms with Crippen molar-refractivity contribution in [2.45, 2.75) is 0 Å². The van der Waals surface area contributed by atoms with Crippen LogP contribution in [0.5, 0.6) is 0 Å². The molecular formula is C17H10N4. The van der Waals surface area contributed by atoms with Crippen molar-refractivity contribution in [2.75, 3.05) is 0 Å². The molecule has 0 aliphatic carbocycles. The van der Waals surface area contributed by atoms with E-state index in [1.165, 1.54) is 0 Å². The first-order valence-electron chi connectivity index (χ1n) is 6.81. The van der Waals surface area contributed by atoms with Crippen molar-refractivity contribution in [3.63, 3.8) is 0 Å². The van der Waals surface area contributed by atoms with Crippen LogP contribution in [0.25, 0.3) is 38.2 Å². The summed E-state index contributed by atoms with van der Waals surface area (Å²) in [5.41, 5.74) is 4.07. The number of aromatic nitrogens is 4. The zero-order chi connectivity index (χ0) is 13.8. The summed E-state index contributed by atoms with van der Waals surface area (Å²) < 4.78 is 1.96. The van der Waals surface area contributed by atoms with Gasteiger partial charge >= 0.3 is 0 Å². The molecule has 0 saturated carbocycles. The molecule has 4 heterocycles. The molecule has 0 radical (unpaired) electrons. The topological polar surface area (TPSA) is 43.1 Å². The third kappa shape index (κ3) is 1.36. The molecule has 4 heteroatoms. The molecule has 0 aliphatic heterocycles. The molecule has 98 valence electrons. The molecule has 5 aromatic rings. The molecule has 0 fully saturated rings. The smallest absolute Gasteiger partial charge is 0.0966 e. The maximum absolute atomic E-state index is 4.53. The minimum atomic E-state index is 0.970. The van der Waals surface area contributed by atoms with E-state index < -0.39 is 0 Å². The van der Waals surface area contributed by atoms with Crippen LogP contribution in [-0.4, -0.2) is 19.6 Å². The Hall–Kier alpha value is -3.01. The lowest BCUT2D eigenvalue weighted by Gasteiger charge is -2.08. The van der Waals surface area contributed by atoms with E-state index in [1.54, 1.807) is 0 Å². The van der Waals surface area contributed by atoms with Gasteiger partial charge < -0.3 is 0 Å². The monoisotopic (exact) mass is 270 g/mol. The van der Waals surface area contributed by atoms with Gasteiger partial charge in [0.05, 0.1) is 28.3 Å². The first kappa shape index (κ1) is 10.7. The summed E-state index contributed by atoms with van der Waals surface area (Å²) in [6.07, 6.45) is 5.46. The van der Waals surface area contributed by atoms with Gasteiger partial charge in [0.15, 0.2) is 0 Å². The summed E-state index contributed by atoms with van der Waals surface area (Å²) in [7, 11) is 0. The normalized spacial score (nSPS) is 11.8. The van der Waals surface area contributed by atoms with E-state index in [2.05, 4.69) is 39.3 Å². The van der Waals surface area contributed by atoms with Gasteiger partial charge in [-0.3, -0.25) is 9.97 Å². The van der Waals surface area contributed by atoms with Gasteiger partial charge in [-0.2, -0.15) is 5.10 Å². The van der Waals surface area contributed by atoms with E-state index in [9.17, 15) is 0 Å². The summed E-state index contributed by atoms with van der Waals surface area (Å²) in [5.74, 6) is 0. The summed E-state index contributed by atoms with van der Waals surface area (Å²) in [6.45, 7) is 0. The van der Waals surface area contributed by atoms with E-state index in [1.807, 2.05) is 41.3 Å². The highest BCUT2D eigenvalue weighted by Gasteiger charge is 2.10. The van der Waals surface area contributed by atoms with Crippen molar-refractivity contribution in [1.82, 2.24) is 19.6 Å². The Morgan fingerprint density at radius 3 is 2.67 bits per heavy atom. The number of hydrogen-bond donors (Lipinski definition) is 0. The molecule has 4 aromatic heterocycles. The van der Waals surface area contributed by atoms with E-state index in [4.69, 9.17) is 0 Å². The van der Waals surface area contributed by atoms with Crippen molar-refractivity contribution < 1.29 is 0 Å². The summed E-state index contributed by atoms with van der Waals surface area (Å²) >= 11 is 0. The second-order valence-electron chi connectivity index (χ2n) is 5.09. The third-order valence-corrected chi connectivity index (χ3v) is 3.93. The molecule has 4 nitrogen and oxygen atoms in total. The standard InChI is InChI=1S/C17H10N4/c1-3-11-9-16-13(10-14(11)18-6-1)12-4-2-7-19-17(12)15-5-8-20-21(15)16/h1-10H. The van der Waals surface area contributed by atoms with Gasteiger partial charge in [-0.15, -0.1) is 0 Å². The minimum Gasteiger partial charge on any atom is -0.256 e. The van der Waals surface area contributed by atoms with Gasteiger partial charge in [-0.1, -0.05) is 12.1 Å². The minimum absolute atomic E-state index is 0.970. The number of nitrogens with zero attached hydrogens (tertiary/aromatic N) is 4. The number of benzene rings is 1. The number of rotatable bonds is 0. The molecule has 21 heavy (non-hydrogen) atoms. The fraction of sp³-hybridized carbons (Fsp3) is 0. The van der Waals surface area contributed by atoms with Crippen LogP contribution in [0.15, 0.2) is 61.1 Å². The van der Waals surface area contributed by atoms with Crippen molar-refractivity contribution in [3.05, 3.63) is 61.1 Å².